The summed E-state index contributed by atoms with van der Waals surface area (Å²) >= 11 is 0. The van der Waals surface area contributed by atoms with Gasteiger partial charge < -0.3 is 0 Å². The maximum Gasteiger partial charge on any atom is -0.0267 e. The molecule has 0 aromatic carbocycles. The zero-order chi connectivity index (χ0) is 9.90. The van der Waals surface area contributed by atoms with Gasteiger partial charge in [-0.1, -0.05) is 47.0 Å². The van der Waals surface area contributed by atoms with Gasteiger partial charge in [-0.05, 0) is 36.5 Å². The molecular weight excluding hydrogens is 156 g/mol. The fourth-order valence-corrected chi connectivity index (χ4v) is 3.50. The van der Waals surface area contributed by atoms with Gasteiger partial charge in [0.25, 0.3) is 0 Å². The highest BCUT2D eigenvalue weighted by Crippen LogP contribution is 2.57. The van der Waals surface area contributed by atoms with Crippen molar-refractivity contribution in [1.82, 2.24) is 0 Å². The maximum absolute atomic E-state index is 2.49. The van der Waals surface area contributed by atoms with Gasteiger partial charge in [-0.25, -0.2) is 0 Å². The van der Waals surface area contributed by atoms with Crippen molar-refractivity contribution in [2.24, 2.45) is 17.3 Å². The smallest absolute Gasteiger partial charge is 0.0267 e. The molecule has 78 valence electrons. The predicted molar refractivity (Wildman–Crippen MR) is 59.8 cm³/mol. The van der Waals surface area contributed by atoms with Gasteiger partial charge in [-0.2, -0.15) is 0 Å². The largest absolute Gasteiger partial charge is 0.0654 e. The van der Waals surface area contributed by atoms with Crippen LogP contribution in [0.2, 0.25) is 0 Å². The third-order valence-electron chi connectivity index (χ3n) is 4.36. The summed E-state index contributed by atoms with van der Waals surface area (Å²) in [5.41, 5.74) is 0.754. The van der Waals surface area contributed by atoms with Crippen molar-refractivity contribution in [2.75, 3.05) is 0 Å². The second-order valence-corrected chi connectivity index (χ2v) is 5.02. The van der Waals surface area contributed by atoms with Crippen LogP contribution in [0.1, 0.15) is 66.2 Å². The molecule has 0 radical (unpaired) electrons. The molecule has 0 nitrogen and oxygen atoms in total. The van der Waals surface area contributed by atoms with Crippen LogP contribution in [0.25, 0.3) is 0 Å². The van der Waals surface area contributed by atoms with Gasteiger partial charge >= 0.3 is 0 Å². The molecule has 1 fully saturated rings. The fourth-order valence-electron chi connectivity index (χ4n) is 3.50. The SMILES string of the molecule is CCCC1(CCC)CC(CC)C1C. The second-order valence-electron chi connectivity index (χ2n) is 5.02. The van der Waals surface area contributed by atoms with Gasteiger partial charge in [0.15, 0.2) is 0 Å². The monoisotopic (exact) mass is 182 g/mol. The van der Waals surface area contributed by atoms with E-state index in [-0.39, 0.29) is 0 Å². The minimum absolute atomic E-state index is 0.754. The van der Waals surface area contributed by atoms with Crippen LogP contribution in [0.3, 0.4) is 0 Å². The average Bonchev–Trinajstić information content (AvgIpc) is 2.14. The van der Waals surface area contributed by atoms with Crippen LogP contribution in [-0.4, -0.2) is 0 Å². The molecule has 0 aliphatic heterocycles. The molecule has 0 spiro atoms. The highest BCUT2D eigenvalue weighted by Gasteiger charge is 2.48. The van der Waals surface area contributed by atoms with Gasteiger partial charge in [0, 0.05) is 0 Å². The van der Waals surface area contributed by atoms with E-state index in [4.69, 9.17) is 0 Å². The Morgan fingerprint density at radius 2 is 1.62 bits per heavy atom. The molecule has 0 heterocycles. The average molecular weight is 182 g/mol. The predicted octanol–water partition coefficient (Wildman–Crippen LogP) is 4.64. The summed E-state index contributed by atoms with van der Waals surface area (Å²) in [6, 6.07) is 0. The molecule has 0 amide bonds. The Morgan fingerprint density at radius 1 is 1.08 bits per heavy atom. The van der Waals surface area contributed by atoms with Crippen molar-refractivity contribution in [3.8, 4) is 0 Å². The molecule has 0 heteroatoms. The quantitative estimate of drug-likeness (QED) is 0.581. The summed E-state index contributed by atoms with van der Waals surface area (Å²) in [4.78, 5) is 0. The molecule has 1 aliphatic carbocycles. The first-order valence-corrected chi connectivity index (χ1v) is 6.20. The highest BCUT2D eigenvalue weighted by molar-refractivity contribution is 4.97. The van der Waals surface area contributed by atoms with Crippen molar-refractivity contribution in [3.63, 3.8) is 0 Å². The third kappa shape index (κ3) is 1.92. The molecule has 0 N–H and O–H groups in total. The Morgan fingerprint density at radius 3 is 1.92 bits per heavy atom. The van der Waals surface area contributed by atoms with E-state index < -0.39 is 0 Å². The van der Waals surface area contributed by atoms with Gasteiger partial charge in [-0.15, -0.1) is 0 Å². The first-order valence-electron chi connectivity index (χ1n) is 6.20. The zero-order valence-corrected chi connectivity index (χ0v) is 9.90. The molecule has 2 atom stereocenters. The van der Waals surface area contributed by atoms with Crippen LogP contribution < -0.4 is 0 Å². The number of rotatable bonds is 5. The molecule has 0 aromatic rings. The summed E-state index contributed by atoms with van der Waals surface area (Å²) in [7, 11) is 0. The van der Waals surface area contributed by atoms with E-state index in [2.05, 4.69) is 27.7 Å². The van der Waals surface area contributed by atoms with Crippen LogP contribution >= 0.6 is 0 Å². The van der Waals surface area contributed by atoms with E-state index in [0.717, 1.165) is 17.3 Å². The number of hydrogen-bond donors (Lipinski definition) is 0. The van der Waals surface area contributed by atoms with E-state index in [1.807, 2.05) is 0 Å². The van der Waals surface area contributed by atoms with Crippen LogP contribution in [-0.2, 0) is 0 Å². The molecule has 1 aliphatic rings. The summed E-state index contributed by atoms with van der Waals surface area (Å²) in [5, 5.41) is 0. The van der Waals surface area contributed by atoms with Crippen LogP contribution in [0.4, 0.5) is 0 Å². The molecule has 0 bridgehead atoms. The number of hydrogen-bond acceptors (Lipinski definition) is 0. The summed E-state index contributed by atoms with van der Waals surface area (Å²) in [6.45, 7) is 9.51. The highest BCUT2D eigenvalue weighted by atomic mass is 14.5. The summed E-state index contributed by atoms with van der Waals surface area (Å²) in [5.74, 6) is 2.04. The minimum atomic E-state index is 0.754. The van der Waals surface area contributed by atoms with E-state index in [1.54, 1.807) is 0 Å². The Balaban J connectivity index is 2.51. The van der Waals surface area contributed by atoms with Gasteiger partial charge in [0.2, 0.25) is 0 Å². The van der Waals surface area contributed by atoms with Gasteiger partial charge in [0.05, 0.1) is 0 Å². The van der Waals surface area contributed by atoms with Crippen molar-refractivity contribution >= 4 is 0 Å². The maximum atomic E-state index is 2.49. The Hall–Kier alpha value is 0. The van der Waals surface area contributed by atoms with Crippen molar-refractivity contribution in [3.05, 3.63) is 0 Å². The Bertz CT molecular complexity index is 142. The van der Waals surface area contributed by atoms with Crippen LogP contribution in [0, 0.1) is 17.3 Å². The molecule has 1 saturated carbocycles. The van der Waals surface area contributed by atoms with E-state index in [9.17, 15) is 0 Å². The fraction of sp³-hybridized carbons (Fsp3) is 1.00. The van der Waals surface area contributed by atoms with Gasteiger partial charge in [-0.3, -0.25) is 0 Å². The summed E-state index contributed by atoms with van der Waals surface area (Å²) in [6.07, 6.45) is 8.61. The first-order chi connectivity index (χ1) is 6.20. The first kappa shape index (κ1) is 11.1. The molecule has 0 aromatic heterocycles. The molecule has 0 saturated heterocycles. The van der Waals surface area contributed by atoms with E-state index in [0.29, 0.717) is 0 Å². The molecule has 13 heavy (non-hydrogen) atoms. The van der Waals surface area contributed by atoms with E-state index in [1.165, 1.54) is 38.5 Å². The molecule has 2 unspecified atom stereocenters. The molecule has 1 rings (SSSR count). The normalized spacial score (nSPS) is 31.4. The molecular formula is C13H26. The summed E-state index contributed by atoms with van der Waals surface area (Å²) < 4.78 is 0. The third-order valence-corrected chi connectivity index (χ3v) is 4.36. The zero-order valence-electron chi connectivity index (χ0n) is 9.90. The van der Waals surface area contributed by atoms with E-state index >= 15 is 0 Å². The lowest BCUT2D eigenvalue weighted by atomic mass is 9.50. The van der Waals surface area contributed by atoms with Crippen molar-refractivity contribution in [1.29, 1.82) is 0 Å². The van der Waals surface area contributed by atoms with Gasteiger partial charge in [0.1, 0.15) is 0 Å². The standard InChI is InChI=1S/C13H26/c1-5-8-13(9-6-2)10-12(7-3)11(13)4/h11-12H,5-10H2,1-4H3. The lowest BCUT2D eigenvalue weighted by Crippen LogP contribution is -2.46. The van der Waals surface area contributed by atoms with Crippen molar-refractivity contribution < 1.29 is 0 Å². The van der Waals surface area contributed by atoms with Crippen molar-refractivity contribution in [2.45, 2.75) is 66.2 Å². The second kappa shape index (κ2) is 4.48. The Labute approximate surface area is 84.1 Å². The minimum Gasteiger partial charge on any atom is -0.0654 e. The topological polar surface area (TPSA) is 0 Å². The lowest BCUT2D eigenvalue weighted by molar-refractivity contribution is -0.0488. The van der Waals surface area contributed by atoms with Crippen LogP contribution in [0.15, 0.2) is 0 Å². The lowest BCUT2D eigenvalue weighted by Gasteiger charge is -2.55. The van der Waals surface area contributed by atoms with Crippen LogP contribution in [0.5, 0.6) is 0 Å². The Kier molecular flexibility index (Phi) is 3.82.